The molecule has 0 aliphatic carbocycles. The molecule has 0 aliphatic rings. The molecule has 3 nitrogen and oxygen atoms in total. The number of anilines is 1. The third-order valence-corrected chi connectivity index (χ3v) is 5.18. The van der Waals surface area contributed by atoms with Crippen LogP contribution in [-0.4, -0.2) is 8.42 Å². The van der Waals surface area contributed by atoms with E-state index in [1.54, 1.807) is 13.0 Å². The smallest absolute Gasteiger partial charge is 0.261 e. The molecule has 0 spiro atoms. The summed E-state index contributed by atoms with van der Waals surface area (Å²) < 4.78 is 41.1. The highest BCUT2D eigenvalue weighted by Gasteiger charge is 2.17. The monoisotopic (exact) mass is 377 g/mol. The molecule has 2 aromatic rings. The van der Waals surface area contributed by atoms with Gasteiger partial charge in [-0.25, -0.2) is 12.8 Å². The van der Waals surface area contributed by atoms with Gasteiger partial charge in [-0.15, -0.1) is 0 Å². The Bertz CT molecular complexity index is 765. The molecule has 0 radical (unpaired) electrons. The van der Waals surface area contributed by atoms with Crippen LogP contribution < -0.4 is 4.72 Å². The van der Waals surface area contributed by atoms with Gasteiger partial charge in [-0.1, -0.05) is 33.6 Å². The van der Waals surface area contributed by atoms with Crippen LogP contribution in [0, 0.1) is 12.7 Å². The SMILES string of the molecule is Cc1cc(S(=O)(=O)Nc2cccc(Cl)c2F)ccc1Br. The Hall–Kier alpha value is -1.11. The molecule has 1 N–H and O–H groups in total. The van der Waals surface area contributed by atoms with Crippen LogP contribution in [0.15, 0.2) is 45.8 Å². The maximum atomic E-state index is 13.7. The fourth-order valence-corrected chi connectivity index (χ4v) is 3.14. The van der Waals surface area contributed by atoms with Gasteiger partial charge in [0.05, 0.1) is 15.6 Å². The Morgan fingerprint density at radius 1 is 1.25 bits per heavy atom. The molecule has 0 bridgehead atoms. The Labute approximate surface area is 130 Å². The van der Waals surface area contributed by atoms with Crippen LogP contribution in [0.5, 0.6) is 0 Å². The van der Waals surface area contributed by atoms with Crippen molar-refractivity contribution in [1.29, 1.82) is 0 Å². The summed E-state index contributed by atoms with van der Waals surface area (Å²) in [4.78, 5) is 0.0533. The third kappa shape index (κ3) is 3.13. The summed E-state index contributed by atoms with van der Waals surface area (Å²) >= 11 is 8.91. The van der Waals surface area contributed by atoms with E-state index in [-0.39, 0.29) is 15.6 Å². The van der Waals surface area contributed by atoms with Crippen LogP contribution in [0.2, 0.25) is 5.02 Å². The summed E-state index contributed by atoms with van der Waals surface area (Å²) in [6, 6.07) is 8.67. The van der Waals surface area contributed by atoms with Gasteiger partial charge in [-0.05, 0) is 42.8 Å². The molecule has 7 heteroatoms. The highest BCUT2D eigenvalue weighted by molar-refractivity contribution is 9.10. The molecule has 20 heavy (non-hydrogen) atoms. The van der Waals surface area contributed by atoms with E-state index in [4.69, 9.17) is 11.6 Å². The summed E-state index contributed by atoms with van der Waals surface area (Å²) in [6.45, 7) is 1.77. The molecule has 0 amide bonds. The lowest BCUT2D eigenvalue weighted by Crippen LogP contribution is -2.14. The zero-order valence-corrected chi connectivity index (χ0v) is 13.5. The normalized spacial score (nSPS) is 11.4. The number of rotatable bonds is 3. The number of nitrogens with one attached hydrogen (secondary N) is 1. The van der Waals surface area contributed by atoms with Gasteiger partial charge in [0, 0.05) is 4.47 Å². The van der Waals surface area contributed by atoms with E-state index in [0.717, 1.165) is 10.0 Å². The molecule has 0 saturated heterocycles. The quantitative estimate of drug-likeness (QED) is 0.863. The van der Waals surface area contributed by atoms with Gasteiger partial charge in [0.1, 0.15) is 0 Å². The highest BCUT2D eigenvalue weighted by Crippen LogP contribution is 2.26. The van der Waals surface area contributed by atoms with E-state index >= 15 is 0 Å². The predicted molar refractivity (Wildman–Crippen MR) is 81.1 cm³/mol. The van der Waals surface area contributed by atoms with E-state index < -0.39 is 15.8 Å². The van der Waals surface area contributed by atoms with Crippen LogP contribution in [-0.2, 0) is 10.0 Å². The van der Waals surface area contributed by atoms with E-state index in [9.17, 15) is 12.8 Å². The van der Waals surface area contributed by atoms with Crippen molar-refractivity contribution in [3.05, 3.63) is 57.3 Å². The van der Waals surface area contributed by atoms with Crippen molar-refractivity contribution in [3.8, 4) is 0 Å². The molecule has 0 atom stereocenters. The van der Waals surface area contributed by atoms with E-state index in [0.29, 0.717) is 0 Å². The first-order valence-electron chi connectivity index (χ1n) is 5.54. The van der Waals surface area contributed by atoms with Gasteiger partial charge in [0.25, 0.3) is 10.0 Å². The first-order valence-corrected chi connectivity index (χ1v) is 8.19. The van der Waals surface area contributed by atoms with Crippen LogP contribution in [0.3, 0.4) is 0 Å². The Kier molecular flexibility index (Phi) is 4.36. The molecule has 106 valence electrons. The highest BCUT2D eigenvalue weighted by atomic mass is 79.9. The molecule has 0 unspecified atom stereocenters. The van der Waals surface area contributed by atoms with Crippen LogP contribution in [0.4, 0.5) is 10.1 Å². The van der Waals surface area contributed by atoms with Gasteiger partial charge >= 0.3 is 0 Å². The van der Waals surface area contributed by atoms with E-state index in [1.807, 2.05) is 0 Å². The molecule has 2 aromatic carbocycles. The second-order valence-corrected chi connectivity index (χ2v) is 7.06. The van der Waals surface area contributed by atoms with Gasteiger partial charge in [-0.3, -0.25) is 4.72 Å². The number of halogens is 3. The van der Waals surface area contributed by atoms with Gasteiger partial charge < -0.3 is 0 Å². The number of hydrogen-bond donors (Lipinski definition) is 1. The summed E-state index contributed by atoms with van der Waals surface area (Å²) in [6.07, 6.45) is 0. The van der Waals surface area contributed by atoms with E-state index in [2.05, 4.69) is 20.7 Å². The summed E-state index contributed by atoms with van der Waals surface area (Å²) in [5, 5.41) is -0.141. The lowest BCUT2D eigenvalue weighted by atomic mass is 10.2. The number of hydrogen-bond acceptors (Lipinski definition) is 2. The Morgan fingerprint density at radius 3 is 2.60 bits per heavy atom. The third-order valence-electron chi connectivity index (χ3n) is 2.64. The Morgan fingerprint density at radius 2 is 1.95 bits per heavy atom. The lowest BCUT2D eigenvalue weighted by molar-refractivity contribution is 0.598. The van der Waals surface area contributed by atoms with Crippen molar-refractivity contribution in [2.75, 3.05) is 4.72 Å². The fourth-order valence-electron chi connectivity index (χ4n) is 1.57. The standard InChI is InChI=1S/C13H10BrClFNO2S/c1-8-7-9(5-6-10(8)14)20(18,19)17-12-4-2-3-11(15)13(12)16/h2-7,17H,1H3. The Balaban J connectivity index is 2.41. The van der Waals surface area contributed by atoms with E-state index in [1.165, 1.54) is 30.3 Å². The second kappa shape index (κ2) is 5.71. The minimum absolute atomic E-state index is 0.0533. The van der Waals surface area contributed by atoms with Gasteiger partial charge in [0.15, 0.2) is 5.82 Å². The molecule has 0 fully saturated rings. The largest absolute Gasteiger partial charge is 0.277 e. The van der Waals surface area contributed by atoms with Crippen molar-refractivity contribution in [3.63, 3.8) is 0 Å². The summed E-state index contributed by atoms with van der Waals surface area (Å²) in [5.41, 5.74) is 0.581. The molecular formula is C13H10BrClFNO2S. The molecular weight excluding hydrogens is 369 g/mol. The first kappa shape index (κ1) is 15.3. The van der Waals surface area contributed by atoms with Crippen LogP contribution in [0.25, 0.3) is 0 Å². The topological polar surface area (TPSA) is 46.2 Å². The lowest BCUT2D eigenvalue weighted by Gasteiger charge is -2.10. The van der Waals surface area contributed by atoms with Crippen molar-refractivity contribution < 1.29 is 12.8 Å². The van der Waals surface area contributed by atoms with Crippen LogP contribution >= 0.6 is 27.5 Å². The second-order valence-electron chi connectivity index (χ2n) is 4.12. The van der Waals surface area contributed by atoms with Crippen molar-refractivity contribution in [1.82, 2.24) is 0 Å². The van der Waals surface area contributed by atoms with Crippen LogP contribution in [0.1, 0.15) is 5.56 Å². The molecule has 0 heterocycles. The van der Waals surface area contributed by atoms with Crippen molar-refractivity contribution in [2.45, 2.75) is 11.8 Å². The zero-order valence-electron chi connectivity index (χ0n) is 10.3. The molecule has 2 rings (SSSR count). The average Bonchev–Trinajstić information content (AvgIpc) is 2.38. The number of sulfonamides is 1. The molecule has 0 saturated carbocycles. The van der Waals surface area contributed by atoms with Crippen molar-refractivity contribution >= 4 is 43.2 Å². The van der Waals surface area contributed by atoms with Gasteiger partial charge in [0.2, 0.25) is 0 Å². The molecule has 0 aromatic heterocycles. The minimum Gasteiger partial charge on any atom is -0.277 e. The number of benzene rings is 2. The fraction of sp³-hybridized carbons (Fsp3) is 0.0769. The summed E-state index contributed by atoms with van der Waals surface area (Å²) in [7, 11) is -3.86. The summed E-state index contributed by atoms with van der Waals surface area (Å²) in [5.74, 6) is -0.799. The van der Waals surface area contributed by atoms with Crippen molar-refractivity contribution in [2.24, 2.45) is 0 Å². The minimum atomic E-state index is -3.86. The maximum Gasteiger partial charge on any atom is 0.261 e. The first-order chi connectivity index (χ1) is 9.31. The average molecular weight is 379 g/mol. The maximum absolute atomic E-state index is 13.7. The van der Waals surface area contributed by atoms with Gasteiger partial charge in [-0.2, -0.15) is 0 Å². The number of aryl methyl sites for hydroxylation is 1. The molecule has 0 aliphatic heterocycles. The zero-order chi connectivity index (χ0) is 14.9. The predicted octanol–water partition coefficient (Wildman–Crippen LogP) is 4.35.